The van der Waals surface area contributed by atoms with Crippen LogP contribution in [0.1, 0.15) is 11.1 Å². The van der Waals surface area contributed by atoms with E-state index in [9.17, 15) is 0 Å². The molecule has 4 nitrogen and oxygen atoms in total. The molecule has 3 rings (SSSR count). The molecule has 4 heteroatoms. The second-order valence-corrected chi connectivity index (χ2v) is 5.33. The van der Waals surface area contributed by atoms with E-state index in [1.54, 1.807) is 0 Å². The third kappa shape index (κ3) is 3.08. The highest BCUT2D eigenvalue weighted by atomic mass is 16.5. The summed E-state index contributed by atoms with van der Waals surface area (Å²) in [5.74, 6) is 1.07. The summed E-state index contributed by atoms with van der Waals surface area (Å²) in [6, 6.07) is 6.60. The van der Waals surface area contributed by atoms with Gasteiger partial charge in [-0.1, -0.05) is 12.1 Å². The Labute approximate surface area is 114 Å². The Bertz CT molecular complexity index is 434. The number of nitrogens with one attached hydrogen (secondary N) is 1. The first-order valence-corrected chi connectivity index (χ1v) is 7.08. The molecule has 0 amide bonds. The zero-order chi connectivity index (χ0) is 13.1. The van der Waals surface area contributed by atoms with E-state index in [4.69, 9.17) is 9.47 Å². The van der Waals surface area contributed by atoms with Crippen molar-refractivity contribution in [1.29, 1.82) is 0 Å². The smallest absolute Gasteiger partial charge is 0.122 e. The predicted molar refractivity (Wildman–Crippen MR) is 74.6 cm³/mol. The summed E-state index contributed by atoms with van der Waals surface area (Å²) in [7, 11) is 1.98. The molecule has 0 aliphatic carbocycles. The number of hydrogen-bond acceptors (Lipinski definition) is 4. The molecule has 1 N–H and O–H groups in total. The Kier molecular flexibility index (Phi) is 4.01. The van der Waals surface area contributed by atoms with Crippen molar-refractivity contribution in [3.8, 4) is 5.75 Å². The number of hydrogen-bond donors (Lipinski definition) is 1. The molecule has 2 aliphatic heterocycles. The minimum atomic E-state index is 0.316. The summed E-state index contributed by atoms with van der Waals surface area (Å²) < 4.78 is 11.3. The largest absolute Gasteiger partial charge is 0.493 e. The van der Waals surface area contributed by atoms with Crippen molar-refractivity contribution >= 4 is 0 Å². The number of ether oxygens (including phenoxy) is 2. The summed E-state index contributed by atoms with van der Waals surface area (Å²) in [5, 5.41) is 3.19. The van der Waals surface area contributed by atoms with E-state index in [-0.39, 0.29) is 0 Å². The summed E-state index contributed by atoms with van der Waals surface area (Å²) in [5.41, 5.74) is 2.74. The maximum absolute atomic E-state index is 5.74. The summed E-state index contributed by atoms with van der Waals surface area (Å²) in [6.07, 6.45) is 1.37. The van der Waals surface area contributed by atoms with Crippen LogP contribution >= 0.6 is 0 Å². The first kappa shape index (κ1) is 12.9. The number of fused-ring (bicyclic) bond motifs is 1. The van der Waals surface area contributed by atoms with Crippen molar-refractivity contribution in [3.05, 3.63) is 29.3 Å². The van der Waals surface area contributed by atoms with Gasteiger partial charge in [0.15, 0.2) is 0 Å². The van der Waals surface area contributed by atoms with Crippen molar-refractivity contribution in [2.75, 3.05) is 39.9 Å². The minimum Gasteiger partial charge on any atom is -0.493 e. The molecule has 1 aromatic carbocycles. The predicted octanol–water partition coefficient (Wildman–Crippen LogP) is 1.04. The van der Waals surface area contributed by atoms with Crippen molar-refractivity contribution in [2.45, 2.75) is 19.1 Å². The lowest BCUT2D eigenvalue weighted by Crippen LogP contribution is -2.45. The summed E-state index contributed by atoms with van der Waals surface area (Å²) in [4.78, 5) is 2.48. The SMILES string of the molecule is CNCC1CN(Cc2ccc3c(c2)CCO3)CCO1. The molecule has 0 radical (unpaired) electrons. The van der Waals surface area contributed by atoms with Gasteiger partial charge in [-0.05, 0) is 24.2 Å². The molecule has 0 saturated carbocycles. The monoisotopic (exact) mass is 262 g/mol. The second-order valence-electron chi connectivity index (χ2n) is 5.33. The van der Waals surface area contributed by atoms with Gasteiger partial charge in [-0.2, -0.15) is 0 Å². The number of morpholine rings is 1. The van der Waals surface area contributed by atoms with E-state index in [1.165, 1.54) is 11.1 Å². The normalized spacial score (nSPS) is 23.1. The molecule has 0 aromatic heterocycles. The highest BCUT2D eigenvalue weighted by molar-refractivity contribution is 5.39. The quantitative estimate of drug-likeness (QED) is 0.879. The van der Waals surface area contributed by atoms with Gasteiger partial charge in [-0.3, -0.25) is 4.90 Å². The topological polar surface area (TPSA) is 33.7 Å². The Morgan fingerprint density at radius 3 is 3.21 bits per heavy atom. The molecule has 2 heterocycles. The molecule has 104 valence electrons. The summed E-state index contributed by atoms with van der Waals surface area (Å²) in [6.45, 7) is 5.63. The Morgan fingerprint density at radius 2 is 2.32 bits per heavy atom. The van der Waals surface area contributed by atoms with E-state index in [2.05, 4.69) is 28.4 Å². The van der Waals surface area contributed by atoms with Crippen molar-refractivity contribution < 1.29 is 9.47 Å². The molecule has 1 saturated heterocycles. The van der Waals surface area contributed by atoms with Gasteiger partial charge in [0.05, 0.1) is 19.3 Å². The van der Waals surface area contributed by atoms with Crippen LogP contribution in [0.2, 0.25) is 0 Å². The first-order chi connectivity index (χ1) is 9.35. The van der Waals surface area contributed by atoms with Crippen LogP contribution in [0.5, 0.6) is 5.75 Å². The Hall–Kier alpha value is -1.10. The van der Waals surface area contributed by atoms with Crippen LogP contribution in [0, 0.1) is 0 Å². The average molecular weight is 262 g/mol. The van der Waals surface area contributed by atoms with E-state index < -0.39 is 0 Å². The lowest BCUT2D eigenvalue weighted by Gasteiger charge is -2.32. The Balaban J connectivity index is 1.61. The zero-order valence-corrected chi connectivity index (χ0v) is 11.5. The highest BCUT2D eigenvalue weighted by Crippen LogP contribution is 2.26. The van der Waals surface area contributed by atoms with Crippen molar-refractivity contribution in [2.24, 2.45) is 0 Å². The molecule has 1 aromatic rings. The van der Waals surface area contributed by atoms with Crippen LogP contribution in [0.4, 0.5) is 0 Å². The van der Waals surface area contributed by atoms with Crippen molar-refractivity contribution in [1.82, 2.24) is 10.2 Å². The molecular formula is C15H22N2O2. The zero-order valence-electron chi connectivity index (χ0n) is 11.5. The number of likely N-dealkylation sites (N-methyl/N-ethyl adjacent to an activating group) is 1. The molecule has 0 spiro atoms. The van der Waals surface area contributed by atoms with Crippen LogP contribution in [0.15, 0.2) is 18.2 Å². The fraction of sp³-hybridized carbons (Fsp3) is 0.600. The lowest BCUT2D eigenvalue weighted by atomic mass is 10.1. The van der Waals surface area contributed by atoms with Crippen LogP contribution in [0.25, 0.3) is 0 Å². The number of nitrogens with zero attached hydrogens (tertiary/aromatic N) is 1. The first-order valence-electron chi connectivity index (χ1n) is 7.08. The van der Waals surface area contributed by atoms with Crippen LogP contribution in [-0.4, -0.2) is 50.9 Å². The van der Waals surface area contributed by atoms with Gasteiger partial charge < -0.3 is 14.8 Å². The third-order valence-corrected chi connectivity index (χ3v) is 3.81. The minimum absolute atomic E-state index is 0.316. The molecule has 1 unspecified atom stereocenters. The van der Waals surface area contributed by atoms with Crippen molar-refractivity contribution in [3.63, 3.8) is 0 Å². The molecule has 19 heavy (non-hydrogen) atoms. The average Bonchev–Trinajstić information content (AvgIpc) is 2.87. The molecule has 1 atom stereocenters. The molecule has 1 fully saturated rings. The van der Waals surface area contributed by atoms with Crippen LogP contribution < -0.4 is 10.1 Å². The van der Waals surface area contributed by atoms with Gasteiger partial charge >= 0.3 is 0 Å². The maximum atomic E-state index is 5.74. The van der Waals surface area contributed by atoms with Gasteiger partial charge in [-0.15, -0.1) is 0 Å². The van der Waals surface area contributed by atoms with E-state index in [0.717, 1.165) is 51.6 Å². The van der Waals surface area contributed by atoms with Crippen LogP contribution in [0.3, 0.4) is 0 Å². The van der Waals surface area contributed by atoms with E-state index in [0.29, 0.717) is 6.10 Å². The fourth-order valence-corrected chi connectivity index (χ4v) is 2.87. The summed E-state index contributed by atoms with van der Waals surface area (Å²) >= 11 is 0. The molecule has 0 bridgehead atoms. The standard InChI is InChI=1S/C15H22N2O2/c1-16-9-14-11-17(5-7-18-14)10-12-2-3-15-13(8-12)4-6-19-15/h2-3,8,14,16H,4-7,9-11H2,1H3. The maximum Gasteiger partial charge on any atom is 0.122 e. The van der Waals surface area contributed by atoms with Gasteiger partial charge in [0.25, 0.3) is 0 Å². The highest BCUT2D eigenvalue weighted by Gasteiger charge is 2.20. The van der Waals surface area contributed by atoms with Gasteiger partial charge in [0.1, 0.15) is 5.75 Å². The van der Waals surface area contributed by atoms with Crippen LogP contribution in [-0.2, 0) is 17.7 Å². The van der Waals surface area contributed by atoms with E-state index in [1.807, 2.05) is 7.05 Å². The molecular weight excluding hydrogens is 240 g/mol. The molecule has 2 aliphatic rings. The second kappa shape index (κ2) is 5.90. The number of benzene rings is 1. The Morgan fingerprint density at radius 1 is 1.37 bits per heavy atom. The fourth-order valence-electron chi connectivity index (χ4n) is 2.87. The number of rotatable bonds is 4. The van der Waals surface area contributed by atoms with Gasteiger partial charge in [0.2, 0.25) is 0 Å². The van der Waals surface area contributed by atoms with Gasteiger partial charge in [-0.25, -0.2) is 0 Å². The van der Waals surface area contributed by atoms with Gasteiger partial charge in [0, 0.05) is 32.6 Å². The lowest BCUT2D eigenvalue weighted by molar-refractivity contribution is -0.0291. The van der Waals surface area contributed by atoms with E-state index >= 15 is 0 Å². The third-order valence-electron chi connectivity index (χ3n) is 3.81.